The maximum Gasteiger partial charge on any atom is 0.307 e. The minimum Gasteiger partial charge on any atom is -0.481 e. The highest BCUT2D eigenvalue weighted by atomic mass is 16.4. The summed E-state index contributed by atoms with van der Waals surface area (Å²) in [7, 11) is 0. The van der Waals surface area contributed by atoms with Gasteiger partial charge in [0.15, 0.2) is 0 Å². The normalized spacial score (nSPS) is 19.3. The topological polar surface area (TPSA) is 130 Å². The third-order valence-corrected chi connectivity index (χ3v) is 4.23. The van der Waals surface area contributed by atoms with Crippen LogP contribution in [0.4, 0.5) is 5.82 Å². The summed E-state index contributed by atoms with van der Waals surface area (Å²) in [5.74, 6) is -2.35. The maximum atomic E-state index is 12.7. The van der Waals surface area contributed by atoms with Crippen molar-refractivity contribution in [1.29, 1.82) is 0 Å². The second-order valence-electron chi connectivity index (χ2n) is 6.28. The fourth-order valence-electron chi connectivity index (χ4n) is 3.01. The smallest absolute Gasteiger partial charge is 0.307 e. The predicted molar refractivity (Wildman–Crippen MR) is 93.1 cm³/mol. The van der Waals surface area contributed by atoms with E-state index in [2.05, 4.69) is 20.4 Å². The van der Waals surface area contributed by atoms with E-state index in [-0.39, 0.29) is 11.5 Å². The molecule has 9 heteroatoms. The van der Waals surface area contributed by atoms with Crippen molar-refractivity contribution in [2.24, 2.45) is 11.8 Å². The highest BCUT2D eigenvalue weighted by Gasteiger charge is 2.34. The van der Waals surface area contributed by atoms with Gasteiger partial charge in [0, 0.05) is 17.8 Å². The fraction of sp³-hybridized carbons (Fsp3) is 0.353. The zero-order chi connectivity index (χ0) is 18.8. The molecule has 0 saturated heterocycles. The Kier molecular flexibility index (Phi) is 4.70. The van der Waals surface area contributed by atoms with Crippen molar-refractivity contribution < 1.29 is 14.7 Å². The summed E-state index contributed by atoms with van der Waals surface area (Å²) >= 11 is 0. The molecule has 0 aliphatic heterocycles. The minimum absolute atomic E-state index is 0.178. The standard InChI is InChI=1S/C17H19N5O4/c1-9-8-14(23)20-17(18-9)22-13(7-10(2)21-22)19-15(24)11-5-3-4-6-12(11)16(25)26/h3-4,7-8,11-12H,5-6H2,1-2H3,(H,19,24)(H,25,26)(H,18,20,23)/t11-,12+/m0/s1. The van der Waals surface area contributed by atoms with Gasteiger partial charge in [0.25, 0.3) is 5.56 Å². The number of rotatable bonds is 4. The van der Waals surface area contributed by atoms with Gasteiger partial charge in [-0.25, -0.2) is 4.98 Å². The van der Waals surface area contributed by atoms with Gasteiger partial charge in [-0.1, -0.05) is 12.2 Å². The highest BCUT2D eigenvalue weighted by Crippen LogP contribution is 2.27. The van der Waals surface area contributed by atoms with Crippen molar-refractivity contribution in [3.63, 3.8) is 0 Å². The Bertz CT molecular complexity index is 943. The lowest BCUT2D eigenvalue weighted by Crippen LogP contribution is -2.35. The Hall–Kier alpha value is -3.23. The van der Waals surface area contributed by atoms with Gasteiger partial charge in [-0.2, -0.15) is 9.78 Å². The van der Waals surface area contributed by atoms with Crippen LogP contribution in [0.1, 0.15) is 24.2 Å². The van der Waals surface area contributed by atoms with Gasteiger partial charge in [0.05, 0.1) is 17.5 Å². The number of aryl methyl sites for hydroxylation is 2. The summed E-state index contributed by atoms with van der Waals surface area (Å²) in [6, 6.07) is 2.98. The van der Waals surface area contributed by atoms with Crippen LogP contribution in [0.3, 0.4) is 0 Å². The van der Waals surface area contributed by atoms with Crippen LogP contribution >= 0.6 is 0 Å². The molecule has 2 aromatic rings. The fourth-order valence-corrected chi connectivity index (χ4v) is 3.01. The van der Waals surface area contributed by atoms with Crippen molar-refractivity contribution in [3.8, 4) is 5.95 Å². The molecule has 1 amide bonds. The number of nitrogens with one attached hydrogen (secondary N) is 2. The van der Waals surface area contributed by atoms with Crippen molar-refractivity contribution in [2.75, 3.05) is 5.32 Å². The Balaban J connectivity index is 1.91. The molecule has 1 aliphatic rings. The Labute approximate surface area is 148 Å². The van der Waals surface area contributed by atoms with Crippen molar-refractivity contribution in [1.82, 2.24) is 19.7 Å². The summed E-state index contributed by atoms with van der Waals surface area (Å²) in [5, 5.41) is 16.3. The number of aromatic amines is 1. The summed E-state index contributed by atoms with van der Waals surface area (Å²) in [6.07, 6.45) is 4.26. The number of nitrogens with zero attached hydrogens (tertiary/aromatic N) is 3. The molecule has 0 unspecified atom stereocenters. The first-order valence-corrected chi connectivity index (χ1v) is 8.19. The highest BCUT2D eigenvalue weighted by molar-refractivity contribution is 5.95. The molecule has 9 nitrogen and oxygen atoms in total. The molecule has 0 spiro atoms. The zero-order valence-corrected chi connectivity index (χ0v) is 14.4. The first-order valence-electron chi connectivity index (χ1n) is 8.19. The SMILES string of the molecule is Cc1cc(=O)[nH]c(-n2nc(C)cc2NC(=O)[C@H]2CC=CC[C@H]2C(=O)O)n1. The average molecular weight is 357 g/mol. The molecule has 0 bridgehead atoms. The number of hydrogen-bond donors (Lipinski definition) is 3. The molecule has 2 heterocycles. The lowest BCUT2D eigenvalue weighted by molar-refractivity contribution is -0.146. The molecule has 0 aromatic carbocycles. The summed E-state index contributed by atoms with van der Waals surface area (Å²) in [6.45, 7) is 3.42. The number of anilines is 1. The quantitative estimate of drug-likeness (QED) is 0.705. The van der Waals surface area contributed by atoms with Crippen LogP contribution in [0.25, 0.3) is 5.95 Å². The van der Waals surface area contributed by atoms with Gasteiger partial charge in [0.2, 0.25) is 11.9 Å². The van der Waals surface area contributed by atoms with Gasteiger partial charge in [-0.05, 0) is 26.7 Å². The summed E-state index contributed by atoms with van der Waals surface area (Å²) in [4.78, 5) is 42.6. The lowest BCUT2D eigenvalue weighted by Gasteiger charge is -2.24. The van der Waals surface area contributed by atoms with E-state index < -0.39 is 23.7 Å². The van der Waals surface area contributed by atoms with E-state index in [1.54, 1.807) is 26.0 Å². The molecule has 2 aromatic heterocycles. The summed E-state index contributed by atoms with van der Waals surface area (Å²) < 4.78 is 1.33. The molecule has 26 heavy (non-hydrogen) atoms. The average Bonchev–Trinajstić information content (AvgIpc) is 2.94. The van der Waals surface area contributed by atoms with Gasteiger partial charge in [-0.3, -0.25) is 19.4 Å². The van der Waals surface area contributed by atoms with Crippen LogP contribution < -0.4 is 10.9 Å². The molecule has 3 rings (SSSR count). The van der Waals surface area contributed by atoms with E-state index in [1.165, 1.54) is 10.7 Å². The van der Waals surface area contributed by atoms with E-state index in [1.807, 2.05) is 6.08 Å². The van der Waals surface area contributed by atoms with Gasteiger partial charge in [0.1, 0.15) is 5.82 Å². The van der Waals surface area contributed by atoms with Crippen LogP contribution in [0.2, 0.25) is 0 Å². The number of aromatic nitrogens is 4. The number of H-pyrrole nitrogens is 1. The number of carbonyl (C=O) groups is 2. The molecule has 3 N–H and O–H groups in total. The number of carboxylic acids is 1. The number of carbonyl (C=O) groups excluding carboxylic acids is 1. The predicted octanol–water partition coefficient (Wildman–Crippen LogP) is 1.18. The van der Waals surface area contributed by atoms with E-state index in [0.717, 1.165) is 0 Å². The number of hydrogen-bond acceptors (Lipinski definition) is 5. The van der Waals surface area contributed by atoms with Gasteiger partial charge < -0.3 is 10.4 Å². The van der Waals surface area contributed by atoms with E-state index in [4.69, 9.17) is 0 Å². The second-order valence-corrected chi connectivity index (χ2v) is 6.28. The Morgan fingerprint density at radius 1 is 1.19 bits per heavy atom. The second kappa shape index (κ2) is 6.95. The van der Waals surface area contributed by atoms with Crippen LogP contribution in [0.5, 0.6) is 0 Å². The van der Waals surface area contributed by atoms with Crippen molar-refractivity contribution in [2.45, 2.75) is 26.7 Å². The van der Waals surface area contributed by atoms with Crippen LogP contribution in [0, 0.1) is 25.7 Å². The maximum absolute atomic E-state index is 12.7. The first kappa shape index (κ1) is 17.6. The molecule has 0 fully saturated rings. The number of aliphatic carboxylic acids is 1. The van der Waals surface area contributed by atoms with Crippen LogP contribution in [-0.2, 0) is 9.59 Å². The number of carboxylic acid groups (broad SMARTS) is 1. The Morgan fingerprint density at radius 2 is 1.88 bits per heavy atom. The third kappa shape index (κ3) is 3.56. The zero-order valence-electron chi connectivity index (χ0n) is 14.4. The van der Waals surface area contributed by atoms with Gasteiger partial charge in [-0.15, -0.1) is 0 Å². The van der Waals surface area contributed by atoms with E-state index in [9.17, 15) is 19.5 Å². The Morgan fingerprint density at radius 3 is 2.54 bits per heavy atom. The molecule has 2 atom stereocenters. The van der Waals surface area contributed by atoms with Crippen LogP contribution in [0.15, 0.2) is 29.1 Å². The van der Waals surface area contributed by atoms with E-state index >= 15 is 0 Å². The van der Waals surface area contributed by atoms with Crippen molar-refractivity contribution in [3.05, 3.63) is 46.0 Å². The number of allylic oxidation sites excluding steroid dienone is 2. The van der Waals surface area contributed by atoms with Crippen LogP contribution in [-0.4, -0.2) is 36.7 Å². The number of amides is 1. The lowest BCUT2D eigenvalue weighted by atomic mass is 9.82. The molecular formula is C17H19N5O4. The van der Waals surface area contributed by atoms with Crippen molar-refractivity contribution >= 4 is 17.7 Å². The molecule has 0 radical (unpaired) electrons. The van der Waals surface area contributed by atoms with Gasteiger partial charge >= 0.3 is 5.97 Å². The molecule has 136 valence electrons. The molecular weight excluding hydrogens is 338 g/mol. The largest absolute Gasteiger partial charge is 0.481 e. The van der Waals surface area contributed by atoms with E-state index in [0.29, 0.717) is 30.0 Å². The summed E-state index contributed by atoms with van der Waals surface area (Å²) in [5.41, 5.74) is 0.793. The first-order chi connectivity index (χ1) is 12.3. The third-order valence-electron chi connectivity index (χ3n) is 4.23. The molecule has 1 aliphatic carbocycles. The monoisotopic (exact) mass is 357 g/mol. The minimum atomic E-state index is -0.996. The molecule has 0 saturated carbocycles.